The first-order valence-corrected chi connectivity index (χ1v) is 9.23. The second-order valence-electron chi connectivity index (χ2n) is 6.12. The summed E-state index contributed by atoms with van der Waals surface area (Å²) in [7, 11) is 5.81. The fourth-order valence-electron chi connectivity index (χ4n) is 2.55. The van der Waals surface area contributed by atoms with Gasteiger partial charge in [0.15, 0.2) is 0 Å². The zero-order chi connectivity index (χ0) is 20.4. The number of nitrogens with zero attached hydrogens (tertiary/aromatic N) is 1. The normalized spacial score (nSPS) is 10.0. The number of carbonyl (C=O) groups excluding carboxylic acids is 1. The van der Waals surface area contributed by atoms with Crippen molar-refractivity contribution in [1.82, 2.24) is 10.2 Å². The highest BCUT2D eigenvalue weighted by Crippen LogP contribution is 2.32. The molecule has 2 aromatic rings. The predicted molar refractivity (Wildman–Crippen MR) is 118 cm³/mol. The monoisotopic (exact) mass is 368 g/mol. The summed E-state index contributed by atoms with van der Waals surface area (Å²) in [5.41, 5.74) is 11.2. The van der Waals surface area contributed by atoms with E-state index < -0.39 is 0 Å². The molecule has 5 nitrogen and oxygen atoms in total. The fourth-order valence-corrected chi connectivity index (χ4v) is 2.55. The topological polar surface area (TPSA) is 70.4 Å². The van der Waals surface area contributed by atoms with Gasteiger partial charge in [0.2, 0.25) is 0 Å². The first-order chi connectivity index (χ1) is 13.0. The van der Waals surface area contributed by atoms with Gasteiger partial charge in [-0.05, 0) is 49.5 Å². The van der Waals surface area contributed by atoms with Crippen LogP contribution in [0.25, 0.3) is 17.2 Å². The van der Waals surface area contributed by atoms with Gasteiger partial charge in [0, 0.05) is 42.6 Å². The predicted octanol–water partition coefficient (Wildman–Crippen LogP) is 3.94. The molecule has 0 spiro atoms. The standard InChI is InChI=1S/C20H26N4O.C2H6/c1-5-14-12-17(19(22-2)13-18(14)21)15-6-8-16(9-7-15)20(25)23-10-11-24(3)4;1-2/h5-9,12-13,22H,1,10-11,21H2,2-4H3,(H,23,25);1-2H3. The van der Waals surface area contributed by atoms with Crippen LogP contribution in [0.1, 0.15) is 29.8 Å². The third-order valence-electron chi connectivity index (χ3n) is 4.02. The third kappa shape index (κ3) is 6.15. The maximum Gasteiger partial charge on any atom is 0.251 e. The van der Waals surface area contributed by atoms with E-state index in [9.17, 15) is 4.79 Å². The minimum Gasteiger partial charge on any atom is -0.398 e. The van der Waals surface area contributed by atoms with E-state index in [-0.39, 0.29) is 5.91 Å². The van der Waals surface area contributed by atoms with Crippen LogP contribution in [0.4, 0.5) is 11.4 Å². The minimum absolute atomic E-state index is 0.0636. The Balaban J connectivity index is 0.00000176. The fraction of sp³-hybridized carbons (Fsp3) is 0.318. The molecule has 0 radical (unpaired) electrons. The summed E-state index contributed by atoms with van der Waals surface area (Å²) in [6.07, 6.45) is 1.74. The minimum atomic E-state index is -0.0636. The summed E-state index contributed by atoms with van der Waals surface area (Å²) in [4.78, 5) is 14.2. The Morgan fingerprint density at radius 1 is 1.19 bits per heavy atom. The molecule has 1 amide bonds. The van der Waals surface area contributed by atoms with Crippen LogP contribution in [0, 0.1) is 0 Å². The van der Waals surface area contributed by atoms with Crippen LogP contribution in [0.5, 0.6) is 0 Å². The highest BCUT2D eigenvalue weighted by Gasteiger charge is 2.10. The van der Waals surface area contributed by atoms with Crippen LogP contribution in [0.3, 0.4) is 0 Å². The quantitative estimate of drug-likeness (QED) is 0.648. The highest BCUT2D eigenvalue weighted by atomic mass is 16.1. The molecule has 0 unspecified atom stereocenters. The molecule has 0 atom stereocenters. The number of hydrogen-bond donors (Lipinski definition) is 3. The van der Waals surface area contributed by atoms with Crippen LogP contribution >= 0.6 is 0 Å². The van der Waals surface area contributed by atoms with Gasteiger partial charge in [0.05, 0.1) is 0 Å². The summed E-state index contributed by atoms with van der Waals surface area (Å²) in [5.74, 6) is -0.0636. The van der Waals surface area contributed by atoms with Crippen molar-refractivity contribution < 1.29 is 4.79 Å². The van der Waals surface area contributed by atoms with Crippen molar-refractivity contribution in [2.45, 2.75) is 13.8 Å². The molecule has 5 heteroatoms. The first-order valence-electron chi connectivity index (χ1n) is 9.23. The van der Waals surface area contributed by atoms with E-state index in [1.165, 1.54) is 0 Å². The summed E-state index contributed by atoms with van der Waals surface area (Å²) in [5, 5.41) is 6.08. The van der Waals surface area contributed by atoms with E-state index in [0.717, 1.165) is 28.9 Å². The zero-order valence-electron chi connectivity index (χ0n) is 17.1. The molecule has 2 aromatic carbocycles. The number of nitrogens with two attached hydrogens (primary N) is 1. The molecule has 27 heavy (non-hydrogen) atoms. The Morgan fingerprint density at radius 3 is 2.33 bits per heavy atom. The maximum absolute atomic E-state index is 12.2. The van der Waals surface area contributed by atoms with Crippen molar-refractivity contribution >= 4 is 23.4 Å². The zero-order valence-corrected chi connectivity index (χ0v) is 17.1. The van der Waals surface area contributed by atoms with E-state index in [4.69, 9.17) is 5.73 Å². The van der Waals surface area contributed by atoms with Gasteiger partial charge in [0.1, 0.15) is 0 Å². The van der Waals surface area contributed by atoms with E-state index in [2.05, 4.69) is 17.2 Å². The molecular weight excluding hydrogens is 336 g/mol. The van der Waals surface area contributed by atoms with Gasteiger partial charge in [0.25, 0.3) is 5.91 Å². The van der Waals surface area contributed by atoms with E-state index in [0.29, 0.717) is 17.8 Å². The molecule has 0 saturated carbocycles. The lowest BCUT2D eigenvalue weighted by atomic mass is 9.98. The number of nitrogen functional groups attached to an aromatic ring is 1. The molecule has 0 aliphatic heterocycles. The van der Waals surface area contributed by atoms with Gasteiger partial charge in [-0.3, -0.25) is 4.79 Å². The van der Waals surface area contributed by atoms with Crippen LogP contribution < -0.4 is 16.4 Å². The smallest absolute Gasteiger partial charge is 0.251 e. The van der Waals surface area contributed by atoms with Crippen LogP contribution in [-0.2, 0) is 0 Å². The van der Waals surface area contributed by atoms with Gasteiger partial charge in [-0.1, -0.05) is 38.6 Å². The number of likely N-dealkylation sites (N-methyl/N-ethyl adjacent to an activating group) is 1. The molecule has 0 aliphatic rings. The Labute approximate surface area is 163 Å². The number of amides is 1. The molecule has 0 saturated heterocycles. The van der Waals surface area contributed by atoms with Crippen molar-refractivity contribution in [2.24, 2.45) is 0 Å². The Kier molecular flexibility index (Phi) is 9.09. The molecule has 0 fully saturated rings. The molecule has 146 valence electrons. The van der Waals surface area contributed by atoms with Crippen molar-refractivity contribution in [1.29, 1.82) is 0 Å². The molecule has 4 N–H and O–H groups in total. The Bertz CT molecular complexity index is 752. The average molecular weight is 369 g/mol. The number of rotatable bonds is 7. The second kappa shape index (κ2) is 11.0. The SMILES string of the molecule is C=Cc1cc(-c2ccc(C(=O)NCCN(C)C)cc2)c(NC)cc1N.CC. The van der Waals surface area contributed by atoms with Crippen molar-refractivity contribution in [2.75, 3.05) is 45.3 Å². The number of hydrogen-bond acceptors (Lipinski definition) is 4. The number of benzene rings is 2. The van der Waals surface area contributed by atoms with Gasteiger partial charge in [-0.25, -0.2) is 0 Å². The summed E-state index contributed by atoms with van der Waals surface area (Å²) in [6, 6.07) is 11.5. The summed E-state index contributed by atoms with van der Waals surface area (Å²) in [6.45, 7) is 9.24. The van der Waals surface area contributed by atoms with Gasteiger partial charge < -0.3 is 21.3 Å². The van der Waals surface area contributed by atoms with E-state index in [1.54, 1.807) is 6.08 Å². The van der Waals surface area contributed by atoms with Crippen molar-refractivity contribution in [3.8, 4) is 11.1 Å². The van der Waals surface area contributed by atoms with Crippen LogP contribution in [-0.4, -0.2) is 45.0 Å². The molecule has 0 aromatic heterocycles. The van der Waals surface area contributed by atoms with Crippen LogP contribution in [0.2, 0.25) is 0 Å². The van der Waals surface area contributed by atoms with Crippen LogP contribution in [0.15, 0.2) is 43.0 Å². The van der Waals surface area contributed by atoms with Crippen molar-refractivity contribution in [3.63, 3.8) is 0 Å². The second-order valence-corrected chi connectivity index (χ2v) is 6.12. The summed E-state index contributed by atoms with van der Waals surface area (Å²) >= 11 is 0. The first kappa shape index (κ1) is 22.3. The maximum atomic E-state index is 12.2. The highest BCUT2D eigenvalue weighted by molar-refractivity contribution is 5.95. The van der Waals surface area contributed by atoms with E-state index in [1.807, 2.05) is 76.3 Å². The molecule has 0 bridgehead atoms. The third-order valence-corrected chi connectivity index (χ3v) is 4.02. The van der Waals surface area contributed by atoms with E-state index >= 15 is 0 Å². The molecule has 0 aliphatic carbocycles. The van der Waals surface area contributed by atoms with Gasteiger partial charge in [-0.2, -0.15) is 0 Å². The average Bonchev–Trinajstić information content (AvgIpc) is 2.69. The largest absolute Gasteiger partial charge is 0.398 e. The molecular formula is C22H32N4O. The lowest BCUT2D eigenvalue weighted by molar-refractivity contribution is 0.0951. The van der Waals surface area contributed by atoms with Gasteiger partial charge in [-0.15, -0.1) is 0 Å². The van der Waals surface area contributed by atoms with Crippen molar-refractivity contribution in [3.05, 3.63) is 54.1 Å². The lowest BCUT2D eigenvalue weighted by Crippen LogP contribution is -2.31. The number of anilines is 2. The summed E-state index contributed by atoms with van der Waals surface area (Å²) < 4.78 is 0. The number of carbonyl (C=O) groups is 1. The number of nitrogens with one attached hydrogen (secondary N) is 2. The molecule has 0 heterocycles. The Morgan fingerprint density at radius 2 is 1.81 bits per heavy atom. The molecule has 2 rings (SSSR count). The lowest BCUT2D eigenvalue weighted by Gasteiger charge is -2.14. The van der Waals surface area contributed by atoms with Gasteiger partial charge >= 0.3 is 0 Å². The Hall–Kier alpha value is -2.79.